The highest BCUT2D eigenvalue weighted by atomic mass is 32.1. The summed E-state index contributed by atoms with van der Waals surface area (Å²) >= 11 is 4.12. The first-order valence-electron chi connectivity index (χ1n) is 4.65. The van der Waals surface area contributed by atoms with Gasteiger partial charge < -0.3 is 5.73 Å². The molecule has 0 bridgehead atoms. The molecule has 0 fully saturated rings. The van der Waals surface area contributed by atoms with Gasteiger partial charge in [-0.1, -0.05) is 24.3 Å². The van der Waals surface area contributed by atoms with Crippen LogP contribution in [0.25, 0.3) is 0 Å². The van der Waals surface area contributed by atoms with E-state index in [1.807, 2.05) is 12.1 Å². The van der Waals surface area contributed by atoms with Gasteiger partial charge in [0.05, 0.1) is 0 Å². The fourth-order valence-electron chi connectivity index (χ4n) is 1.18. The van der Waals surface area contributed by atoms with Crippen molar-refractivity contribution in [3.8, 4) is 0 Å². The normalized spacial score (nSPS) is 9.93. The molecule has 0 atom stereocenters. The van der Waals surface area contributed by atoms with Crippen LogP contribution in [0.4, 0.5) is 0 Å². The number of carbonyl (C=O) groups is 2. The van der Waals surface area contributed by atoms with Gasteiger partial charge in [0.1, 0.15) is 0 Å². The van der Waals surface area contributed by atoms with Crippen molar-refractivity contribution in [1.82, 2.24) is 0 Å². The maximum absolute atomic E-state index is 11.5. The lowest BCUT2D eigenvalue weighted by atomic mass is 10.1. The van der Waals surface area contributed by atoms with Crippen molar-refractivity contribution in [2.75, 3.05) is 0 Å². The maximum Gasteiger partial charge on any atom is 0.217 e. The molecule has 0 aliphatic carbocycles. The molecule has 1 rings (SSSR count). The molecule has 1 aromatic carbocycles. The number of amides is 1. The summed E-state index contributed by atoms with van der Waals surface area (Å²) in [5.41, 5.74) is 6.64. The molecule has 15 heavy (non-hydrogen) atoms. The first-order valence-corrected chi connectivity index (χ1v) is 5.28. The minimum absolute atomic E-state index is 0.0560. The van der Waals surface area contributed by atoms with Gasteiger partial charge in [-0.3, -0.25) is 9.59 Å². The van der Waals surface area contributed by atoms with Crippen LogP contribution in [0.5, 0.6) is 0 Å². The summed E-state index contributed by atoms with van der Waals surface area (Å²) < 4.78 is 0. The van der Waals surface area contributed by atoms with Crippen LogP contribution in [-0.2, 0) is 10.5 Å². The van der Waals surface area contributed by atoms with Crippen LogP contribution in [0.3, 0.4) is 0 Å². The third-order valence-electron chi connectivity index (χ3n) is 2.06. The molecule has 4 heteroatoms. The van der Waals surface area contributed by atoms with E-state index in [1.54, 1.807) is 12.1 Å². The lowest BCUT2D eigenvalue weighted by Crippen LogP contribution is -2.12. The highest BCUT2D eigenvalue weighted by Gasteiger charge is 2.06. The molecule has 0 spiro atoms. The standard InChI is InChI=1S/C11H13NO2S/c12-11(14)6-5-10(13)9-3-1-8(7-15)2-4-9/h1-4,15H,5-7H2,(H2,12,14). The van der Waals surface area contributed by atoms with E-state index in [9.17, 15) is 9.59 Å². The molecule has 0 heterocycles. The zero-order valence-electron chi connectivity index (χ0n) is 8.27. The number of Topliss-reactive ketones (excluding diaryl/α,β-unsaturated/α-hetero) is 1. The molecule has 0 saturated heterocycles. The quantitative estimate of drug-likeness (QED) is 0.588. The summed E-state index contributed by atoms with van der Waals surface area (Å²) in [7, 11) is 0. The van der Waals surface area contributed by atoms with Gasteiger partial charge in [0.2, 0.25) is 5.91 Å². The van der Waals surface area contributed by atoms with E-state index in [1.165, 1.54) is 0 Å². The van der Waals surface area contributed by atoms with Gasteiger partial charge in [-0.15, -0.1) is 0 Å². The highest BCUT2D eigenvalue weighted by molar-refractivity contribution is 7.79. The van der Waals surface area contributed by atoms with Crippen molar-refractivity contribution in [2.24, 2.45) is 5.73 Å². The Morgan fingerprint density at radius 1 is 1.13 bits per heavy atom. The van der Waals surface area contributed by atoms with E-state index in [0.717, 1.165) is 5.56 Å². The first kappa shape index (κ1) is 11.8. The third-order valence-corrected chi connectivity index (χ3v) is 2.42. The fraction of sp³-hybridized carbons (Fsp3) is 0.273. The van der Waals surface area contributed by atoms with Crippen molar-refractivity contribution < 1.29 is 9.59 Å². The molecule has 0 aromatic heterocycles. The molecule has 0 radical (unpaired) electrons. The second-order valence-corrected chi connectivity index (χ2v) is 3.56. The molecule has 3 nitrogen and oxygen atoms in total. The number of benzene rings is 1. The van der Waals surface area contributed by atoms with Gasteiger partial charge in [-0.2, -0.15) is 12.6 Å². The van der Waals surface area contributed by atoms with E-state index in [0.29, 0.717) is 11.3 Å². The van der Waals surface area contributed by atoms with Crippen LogP contribution >= 0.6 is 12.6 Å². The van der Waals surface area contributed by atoms with Crippen LogP contribution in [-0.4, -0.2) is 11.7 Å². The second kappa shape index (κ2) is 5.56. The Balaban J connectivity index is 2.62. The van der Waals surface area contributed by atoms with Crippen molar-refractivity contribution >= 4 is 24.3 Å². The van der Waals surface area contributed by atoms with Crippen LogP contribution in [0.2, 0.25) is 0 Å². The molecular formula is C11H13NO2S. The Morgan fingerprint density at radius 3 is 2.20 bits per heavy atom. The van der Waals surface area contributed by atoms with Crippen molar-refractivity contribution in [1.29, 1.82) is 0 Å². The molecule has 2 N–H and O–H groups in total. The number of rotatable bonds is 5. The second-order valence-electron chi connectivity index (χ2n) is 3.24. The number of nitrogens with two attached hydrogens (primary N) is 1. The Hall–Kier alpha value is -1.29. The Labute approximate surface area is 94.1 Å². The largest absolute Gasteiger partial charge is 0.370 e. The lowest BCUT2D eigenvalue weighted by molar-refractivity contribution is -0.118. The molecule has 0 unspecified atom stereocenters. The molecule has 0 saturated carbocycles. The number of primary amides is 1. The van der Waals surface area contributed by atoms with Crippen molar-refractivity contribution in [3.63, 3.8) is 0 Å². The monoisotopic (exact) mass is 223 g/mol. The van der Waals surface area contributed by atoms with E-state index >= 15 is 0 Å². The Kier molecular flexibility index (Phi) is 4.37. The summed E-state index contributed by atoms with van der Waals surface area (Å²) in [4.78, 5) is 22.0. The predicted molar refractivity (Wildman–Crippen MR) is 61.9 cm³/mol. The predicted octanol–water partition coefficient (Wildman–Crippen LogP) is 1.56. The summed E-state index contributed by atoms with van der Waals surface area (Å²) in [6, 6.07) is 7.19. The molecular weight excluding hydrogens is 210 g/mol. The summed E-state index contributed by atoms with van der Waals surface area (Å²) in [6.45, 7) is 0. The van der Waals surface area contributed by atoms with Gasteiger partial charge >= 0.3 is 0 Å². The van der Waals surface area contributed by atoms with Gasteiger partial charge in [-0.05, 0) is 5.56 Å². The first-order chi connectivity index (χ1) is 7.13. The van der Waals surface area contributed by atoms with Gasteiger partial charge in [0.25, 0.3) is 0 Å². The molecule has 0 aliphatic rings. The lowest BCUT2D eigenvalue weighted by Gasteiger charge is -2.00. The average Bonchev–Trinajstić information content (AvgIpc) is 2.26. The van der Waals surface area contributed by atoms with E-state index in [4.69, 9.17) is 5.73 Å². The number of hydrogen-bond donors (Lipinski definition) is 2. The fourth-order valence-corrected chi connectivity index (χ4v) is 1.39. The molecule has 1 aromatic rings. The van der Waals surface area contributed by atoms with Gasteiger partial charge in [-0.25, -0.2) is 0 Å². The number of hydrogen-bond acceptors (Lipinski definition) is 3. The van der Waals surface area contributed by atoms with Gasteiger partial charge in [0.15, 0.2) is 5.78 Å². The Morgan fingerprint density at radius 2 is 1.73 bits per heavy atom. The van der Waals surface area contributed by atoms with E-state index in [2.05, 4.69) is 12.6 Å². The van der Waals surface area contributed by atoms with Crippen molar-refractivity contribution in [3.05, 3.63) is 35.4 Å². The van der Waals surface area contributed by atoms with Crippen LogP contribution < -0.4 is 5.73 Å². The number of carbonyl (C=O) groups excluding carboxylic acids is 2. The Bertz CT molecular complexity index is 359. The topological polar surface area (TPSA) is 60.2 Å². The van der Waals surface area contributed by atoms with Crippen LogP contribution in [0.15, 0.2) is 24.3 Å². The smallest absolute Gasteiger partial charge is 0.217 e. The SMILES string of the molecule is NC(=O)CCC(=O)c1ccc(CS)cc1. The van der Waals surface area contributed by atoms with Gasteiger partial charge in [0, 0.05) is 24.2 Å². The van der Waals surface area contributed by atoms with E-state index in [-0.39, 0.29) is 18.6 Å². The number of thiol groups is 1. The van der Waals surface area contributed by atoms with Crippen molar-refractivity contribution in [2.45, 2.75) is 18.6 Å². The van der Waals surface area contributed by atoms with E-state index < -0.39 is 5.91 Å². The molecule has 80 valence electrons. The molecule has 0 aliphatic heterocycles. The minimum Gasteiger partial charge on any atom is -0.370 e. The minimum atomic E-state index is -0.449. The van der Waals surface area contributed by atoms with Crippen LogP contribution in [0, 0.1) is 0 Å². The highest BCUT2D eigenvalue weighted by Crippen LogP contribution is 2.09. The zero-order valence-corrected chi connectivity index (χ0v) is 9.17. The summed E-state index contributed by atoms with van der Waals surface area (Å²) in [6.07, 6.45) is 0.280. The summed E-state index contributed by atoms with van der Waals surface area (Å²) in [5, 5.41) is 0. The third kappa shape index (κ3) is 3.75. The van der Waals surface area contributed by atoms with Crippen LogP contribution in [0.1, 0.15) is 28.8 Å². The number of ketones is 1. The average molecular weight is 223 g/mol. The molecule has 1 amide bonds. The zero-order chi connectivity index (χ0) is 11.3. The summed E-state index contributed by atoms with van der Waals surface area (Å²) in [5.74, 6) is 0.144. The maximum atomic E-state index is 11.5.